The number of esters is 1. The van der Waals surface area contributed by atoms with Crippen molar-refractivity contribution in [3.8, 4) is 0 Å². The van der Waals surface area contributed by atoms with Gasteiger partial charge in [-0.15, -0.1) is 0 Å². The molecule has 9 heteroatoms. The van der Waals surface area contributed by atoms with Gasteiger partial charge in [0.25, 0.3) is 0 Å². The first-order valence-electron chi connectivity index (χ1n) is 9.10. The predicted molar refractivity (Wildman–Crippen MR) is 97.8 cm³/mol. The molecule has 0 saturated carbocycles. The van der Waals surface area contributed by atoms with E-state index in [4.69, 9.17) is 4.74 Å². The van der Waals surface area contributed by atoms with Crippen molar-refractivity contribution in [3.05, 3.63) is 0 Å². The molecule has 0 aromatic heterocycles. The quantitative estimate of drug-likeness (QED) is 0.654. The summed E-state index contributed by atoms with van der Waals surface area (Å²) in [6.45, 7) is 8.99. The fourth-order valence-corrected chi connectivity index (χ4v) is 2.78. The standard InChI is InChI=1S/C18H31N3O6/c1-11(2)14(20-17(25)27-18(3,4)5)16(24)21-9-7-8-12(21)15(23)19-10-13(22)26-6/h11-12,14H,7-10H2,1-6H3,(H,19,23)(H,20,25)/t12-,14-/m0/s1. The first kappa shape index (κ1) is 22.7. The van der Waals surface area contributed by atoms with Gasteiger partial charge in [-0.3, -0.25) is 14.4 Å². The third-order valence-corrected chi connectivity index (χ3v) is 4.08. The number of amides is 3. The van der Waals surface area contributed by atoms with Crippen LogP contribution >= 0.6 is 0 Å². The summed E-state index contributed by atoms with van der Waals surface area (Å²) in [7, 11) is 1.23. The molecule has 3 amide bonds. The van der Waals surface area contributed by atoms with E-state index >= 15 is 0 Å². The van der Waals surface area contributed by atoms with Crippen LogP contribution in [0, 0.1) is 5.92 Å². The second-order valence-electron chi connectivity index (χ2n) is 7.85. The van der Waals surface area contributed by atoms with E-state index in [1.165, 1.54) is 12.0 Å². The lowest BCUT2D eigenvalue weighted by molar-refractivity contribution is -0.143. The van der Waals surface area contributed by atoms with Crippen molar-refractivity contribution in [1.29, 1.82) is 0 Å². The number of hydrogen-bond donors (Lipinski definition) is 2. The van der Waals surface area contributed by atoms with Crippen molar-refractivity contribution in [2.75, 3.05) is 20.2 Å². The van der Waals surface area contributed by atoms with Crippen molar-refractivity contribution in [2.45, 2.75) is 65.1 Å². The van der Waals surface area contributed by atoms with Crippen molar-refractivity contribution in [3.63, 3.8) is 0 Å². The van der Waals surface area contributed by atoms with Crippen LogP contribution in [0.4, 0.5) is 4.79 Å². The van der Waals surface area contributed by atoms with Gasteiger partial charge >= 0.3 is 12.1 Å². The normalized spacial score (nSPS) is 18.0. The third kappa shape index (κ3) is 7.07. The van der Waals surface area contributed by atoms with Crippen LogP contribution in [0.1, 0.15) is 47.5 Å². The molecule has 1 heterocycles. The Hall–Kier alpha value is -2.32. The van der Waals surface area contributed by atoms with Gasteiger partial charge in [0.15, 0.2) is 0 Å². The van der Waals surface area contributed by atoms with Gasteiger partial charge < -0.3 is 25.0 Å². The molecule has 0 aliphatic carbocycles. The zero-order chi connectivity index (χ0) is 20.8. The zero-order valence-corrected chi connectivity index (χ0v) is 17.0. The van der Waals surface area contributed by atoms with Gasteiger partial charge in [-0.25, -0.2) is 4.79 Å². The molecule has 0 aromatic rings. The second-order valence-corrected chi connectivity index (χ2v) is 7.85. The summed E-state index contributed by atoms with van der Waals surface area (Å²) in [6.07, 6.45) is 0.482. The summed E-state index contributed by atoms with van der Waals surface area (Å²) in [5.41, 5.74) is -0.682. The molecule has 154 valence electrons. The number of carbonyl (C=O) groups is 4. The summed E-state index contributed by atoms with van der Waals surface area (Å²) < 4.78 is 9.73. The lowest BCUT2D eigenvalue weighted by Crippen LogP contribution is -2.56. The third-order valence-electron chi connectivity index (χ3n) is 4.08. The molecule has 1 saturated heterocycles. The van der Waals surface area contributed by atoms with Crippen LogP contribution in [0.5, 0.6) is 0 Å². The van der Waals surface area contributed by atoms with E-state index in [0.717, 1.165) is 0 Å². The number of carbonyl (C=O) groups excluding carboxylic acids is 4. The Morgan fingerprint density at radius 3 is 2.33 bits per heavy atom. The topological polar surface area (TPSA) is 114 Å². The zero-order valence-electron chi connectivity index (χ0n) is 17.0. The molecule has 0 unspecified atom stereocenters. The van der Waals surface area contributed by atoms with Crippen LogP contribution in [0.2, 0.25) is 0 Å². The van der Waals surface area contributed by atoms with Crippen molar-refractivity contribution < 1.29 is 28.7 Å². The second kappa shape index (κ2) is 9.57. The molecule has 0 radical (unpaired) electrons. The van der Waals surface area contributed by atoms with Gasteiger partial charge in [-0.1, -0.05) is 13.8 Å². The molecule has 1 aliphatic rings. The van der Waals surface area contributed by atoms with E-state index in [9.17, 15) is 19.2 Å². The lowest BCUT2D eigenvalue weighted by Gasteiger charge is -2.31. The Morgan fingerprint density at radius 1 is 1.19 bits per heavy atom. The van der Waals surface area contributed by atoms with Gasteiger partial charge in [0.2, 0.25) is 11.8 Å². The van der Waals surface area contributed by atoms with Crippen LogP contribution < -0.4 is 10.6 Å². The number of likely N-dealkylation sites (tertiary alicyclic amines) is 1. The van der Waals surface area contributed by atoms with E-state index in [1.54, 1.807) is 20.8 Å². The number of ether oxygens (including phenoxy) is 2. The number of alkyl carbamates (subject to hydrolysis) is 1. The number of nitrogens with zero attached hydrogens (tertiary/aromatic N) is 1. The predicted octanol–water partition coefficient (Wildman–Crippen LogP) is 0.816. The fraction of sp³-hybridized carbons (Fsp3) is 0.778. The molecule has 0 spiro atoms. The molecular formula is C18H31N3O6. The van der Waals surface area contributed by atoms with E-state index in [1.807, 2.05) is 13.8 Å². The van der Waals surface area contributed by atoms with Crippen LogP contribution in [0.25, 0.3) is 0 Å². The molecule has 9 nitrogen and oxygen atoms in total. The van der Waals surface area contributed by atoms with Crippen LogP contribution in [0.15, 0.2) is 0 Å². The highest BCUT2D eigenvalue weighted by atomic mass is 16.6. The van der Waals surface area contributed by atoms with E-state index in [-0.39, 0.29) is 18.4 Å². The van der Waals surface area contributed by atoms with Gasteiger partial charge in [0.05, 0.1) is 7.11 Å². The Morgan fingerprint density at radius 2 is 1.81 bits per heavy atom. The van der Waals surface area contributed by atoms with Crippen LogP contribution in [-0.2, 0) is 23.9 Å². The highest BCUT2D eigenvalue weighted by Crippen LogP contribution is 2.20. The number of nitrogens with one attached hydrogen (secondary N) is 2. The maximum Gasteiger partial charge on any atom is 0.408 e. The molecule has 2 N–H and O–H groups in total. The van der Waals surface area contributed by atoms with Gasteiger partial charge in [0.1, 0.15) is 24.2 Å². The molecule has 0 bridgehead atoms. The van der Waals surface area contributed by atoms with Crippen molar-refractivity contribution in [2.24, 2.45) is 5.92 Å². The van der Waals surface area contributed by atoms with Gasteiger partial charge in [0, 0.05) is 6.54 Å². The summed E-state index contributed by atoms with van der Waals surface area (Å²) in [5.74, 6) is -1.51. The highest BCUT2D eigenvalue weighted by molar-refractivity contribution is 5.93. The van der Waals surface area contributed by atoms with Crippen molar-refractivity contribution >= 4 is 23.9 Å². The molecule has 2 atom stereocenters. The monoisotopic (exact) mass is 385 g/mol. The Balaban J connectivity index is 2.80. The van der Waals surface area contributed by atoms with Gasteiger partial charge in [-0.2, -0.15) is 0 Å². The first-order valence-corrected chi connectivity index (χ1v) is 9.10. The Bertz CT molecular complexity index is 570. The highest BCUT2D eigenvalue weighted by Gasteiger charge is 2.39. The molecule has 0 aromatic carbocycles. The van der Waals surface area contributed by atoms with E-state index in [0.29, 0.717) is 19.4 Å². The summed E-state index contributed by atoms with van der Waals surface area (Å²) in [6, 6.07) is -1.49. The minimum absolute atomic E-state index is 0.190. The molecule has 27 heavy (non-hydrogen) atoms. The van der Waals surface area contributed by atoms with Crippen LogP contribution in [-0.4, -0.2) is 66.7 Å². The van der Waals surface area contributed by atoms with Crippen LogP contribution in [0.3, 0.4) is 0 Å². The smallest absolute Gasteiger partial charge is 0.408 e. The van der Waals surface area contributed by atoms with Gasteiger partial charge in [-0.05, 0) is 39.5 Å². The van der Waals surface area contributed by atoms with E-state index in [2.05, 4.69) is 15.4 Å². The first-order chi connectivity index (χ1) is 12.5. The average Bonchev–Trinajstić information content (AvgIpc) is 3.04. The maximum atomic E-state index is 13.0. The average molecular weight is 385 g/mol. The number of rotatable bonds is 6. The summed E-state index contributed by atoms with van der Waals surface area (Å²) in [5, 5.41) is 5.09. The minimum Gasteiger partial charge on any atom is -0.468 e. The maximum absolute atomic E-state index is 13.0. The SMILES string of the molecule is COC(=O)CNC(=O)[C@@H]1CCCN1C(=O)[C@@H](NC(=O)OC(C)(C)C)C(C)C. The van der Waals surface area contributed by atoms with Crippen molar-refractivity contribution in [1.82, 2.24) is 15.5 Å². The number of hydrogen-bond acceptors (Lipinski definition) is 6. The fourth-order valence-electron chi connectivity index (χ4n) is 2.78. The molecule has 1 fully saturated rings. The van der Waals surface area contributed by atoms with E-state index < -0.39 is 35.7 Å². The minimum atomic E-state index is -0.811. The Labute approximate surface area is 160 Å². The Kier molecular flexibility index (Phi) is 8.05. The summed E-state index contributed by atoms with van der Waals surface area (Å²) >= 11 is 0. The molecule has 1 aliphatic heterocycles. The number of methoxy groups -OCH3 is 1. The molecular weight excluding hydrogens is 354 g/mol. The largest absolute Gasteiger partial charge is 0.468 e. The molecule has 1 rings (SSSR count). The lowest BCUT2D eigenvalue weighted by atomic mass is 10.0. The summed E-state index contributed by atoms with van der Waals surface area (Å²) in [4.78, 5) is 50.1.